The SMILES string of the molecule is O=C(O)c1ccc(OCCOCc2ccccn2)cc1. The van der Waals surface area contributed by atoms with Crippen molar-refractivity contribution in [1.29, 1.82) is 0 Å². The Hall–Kier alpha value is -2.40. The summed E-state index contributed by atoms with van der Waals surface area (Å²) in [7, 11) is 0. The lowest BCUT2D eigenvalue weighted by atomic mass is 10.2. The van der Waals surface area contributed by atoms with Crippen molar-refractivity contribution < 1.29 is 19.4 Å². The molecule has 0 fully saturated rings. The molecule has 1 N–H and O–H groups in total. The Labute approximate surface area is 116 Å². The van der Waals surface area contributed by atoms with E-state index in [9.17, 15) is 4.79 Å². The van der Waals surface area contributed by atoms with Gasteiger partial charge < -0.3 is 14.6 Å². The zero-order valence-corrected chi connectivity index (χ0v) is 10.9. The highest BCUT2D eigenvalue weighted by Crippen LogP contribution is 2.12. The number of benzene rings is 1. The van der Waals surface area contributed by atoms with Crippen LogP contribution < -0.4 is 4.74 Å². The first-order valence-electron chi connectivity index (χ1n) is 6.19. The minimum absolute atomic E-state index is 0.240. The van der Waals surface area contributed by atoms with E-state index in [-0.39, 0.29) is 5.56 Å². The van der Waals surface area contributed by atoms with Crippen LogP contribution in [0.15, 0.2) is 48.7 Å². The molecule has 5 heteroatoms. The summed E-state index contributed by atoms with van der Waals surface area (Å²) < 4.78 is 10.9. The molecule has 1 heterocycles. The number of pyridine rings is 1. The van der Waals surface area contributed by atoms with Crippen LogP contribution in [0, 0.1) is 0 Å². The summed E-state index contributed by atoms with van der Waals surface area (Å²) >= 11 is 0. The molecular formula is C15H15NO4. The van der Waals surface area contributed by atoms with E-state index < -0.39 is 5.97 Å². The second-order valence-corrected chi connectivity index (χ2v) is 4.05. The predicted molar refractivity (Wildman–Crippen MR) is 72.8 cm³/mol. The number of carboxylic acids is 1. The zero-order valence-electron chi connectivity index (χ0n) is 10.9. The average Bonchev–Trinajstić information content (AvgIpc) is 2.48. The van der Waals surface area contributed by atoms with E-state index in [2.05, 4.69) is 4.98 Å². The Morgan fingerprint density at radius 1 is 1.10 bits per heavy atom. The van der Waals surface area contributed by atoms with E-state index in [0.29, 0.717) is 25.6 Å². The largest absolute Gasteiger partial charge is 0.491 e. The molecule has 0 aliphatic heterocycles. The van der Waals surface area contributed by atoms with Gasteiger partial charge in [0, 0.05) is 6.20 Å². The molecule has 0 saturated carbocycles. The Morgan fingerprint density at radius 3 is 2.55 bits per heavy atom. The van der Waals surface area contributed by atoms with Crippen molar-refractivity contribution in [2.75, 3.05) is 13.2 Å². The molecule has 20 heavy (non-hydrogen) atoms. The van der Waals surface area contributed by atoms with Crippen LogP contribution in [0.5, 0.6) is 5.75 Å². The van der Waals surface area contributed by atoms with Crippen LogP contribution in [-0.4, -0.2) is 29.3 Å². The molecule has 0 amide bonds. The Bertz CT molecular complexity index is 540. The molecule has 5 nitrogen and oxygen atoms in total. The first-order valence-corrected chi connectivity index (χ1v) is 6.19. The van der Waals surface area contributed by atoms with Crippen molar-refractivity contribution in [3.05, 3.63) is 59.9 Å². The summed E-state index contributed by atoms with van der Waals surface area (Å²) in [4.78, 5) is 14.8. The average molecular weight is 273 g/mol. The maximum atomic E-state index is 10.7. The second kappa shape index (κ2) is 7.25. The monoisotopic (exact) mass is 273 g/mol. The maximum absolute atomic E-state index is 10.7. The van der Waals surface area contributed by atoms with Gasteiger partial charge in [-0.15, -0.1) is 0 Å². The van der Waals surface area contributed by atoms with Gasteiger partial charge in [-0.2, -0.15) is 0 Å². The lowest BCUT2D eigenvalue weighted by Crippen LogP contribution is -2.07. The Kier molecular flexibility index (Phi) is 5.08. The van der Waals surface area contributed by atoms with Crippen molar-refractivity contribution in [1.82, 2.24) is 4.98 Å². The fourth-order valence-electron chi connectivity index (χ4n) is 1.57. The summed E-state index contributed by atoms with van der Waals surface area (Å²) in [5.74, 6) is -0.327. The molecular weight excluding hydrogens is 258 g/mol. The van der Waals surface area contributed by atoms with Crippen LogP contribution in [0.1, 0.15) is 16.1 Å². The van der Waals surface area contributed by atoms with Crippen molar-refractivity contribution in [2.45, 2.75) is 6.61 Å². The lowest BCUT2D eigenvalue weighted by molar-refractivity contribution is 0.0696. The van der Waals surface area contributed by atoms with Gasteiger partial charge in [-0.05, 0) is 36.4 Å². The van der Waals surface area contributed by atoms with Gasteiger partial charge in [0.25, 0.3) is 0 Å². The fourth-order valence-corrected chi connectivity index (χ4v) is 1.57. The van der Waals surface area contributed by atoms with Gasteiger partial charge in [-0.3, -0.25) is 4.98 Å². The van der Waals surface area contributed by atoms with E-state index >= 15 is 0 Å². The summed E-state index contributed by atoms with van der Waals surface area (Å²) in [6, 6.07) is 11.9. The van der Waals surface area contributed by atoms with E-state index in [0.717, 1.165) is 5.69 Å². The minimum Gasteiger partial charge on any atom is -0.491 e. The number of aromatic nitrogens is 1. The van der Waals surface area contributed by atoms with Crippen molar-refractivity contribution in [2.24, 2.45) is 0 Å². The van der Waals surface area contributed by atoms with Crippen LogP contribution in [0.4, 0.5) is 0 Å². The third kappa shape index (κ3) is 4.37. The Morgan fingerprint density at radius 2 is 1.90 bits per heavy atom. The molecule has 0 unspecified atom stereocenters. The maximum Gasteiger partial charge on any atom is 0.335 e. The van der Waals surface area contributed by atoms with E-state index in [1.807, 2.05) is 18.2 Å². The van der Waals surface area contributed by atoms with Gasteiger partial charge in [0.05, 0.1) is 24.5 Å². The van der Waals surface area contributed by atoms with E-state index in [1.165, 1.54) is 12.1 Å². The molecule has 0 bridgehead atoms. The summed E-state index contributed by atoms with van der Waals surface area (Å²) in [6.45, 7) is 1.29. The first-order chi connectivity index (χ1) is 9.75. The summed E-state index contributed by atoms with van der Waals surface area (Å²) in [6.07, 6.45) is 1.72. The van der Waals surface area contributed by atoms with E-state index in [4.69, 9.17) is 14.6 Å². The van der Waals surface area contributed by atoms with E-state index in [1.54, 1.807) is 18.3 Å². The Balaban J connectivity index is 1.67. The molecule has 0 spiro atoms. The quantitative estimate of drug-likeness (QED) is 0.784. The number of rotatable bonds is 7. The molecule has 2 aromatic rings. The highest BCUT2D eigenvalue weighted by molar-refractivity contribution is 5.87. The van der Waals surface area contributed by atoms with Crippen LogP contribution in [-0.2, 0) is 11.3 Å². The van der Waals surface area contributed by atoms with Gasteiger partial charge in [-0.1, -0.05) is 6.07 Å². The van der Waals surface area contributed by atoms with Gasteiger partial charge in [0.1, 0.15) is 12.4 Å². The highest BCUT2D eigenvalue weighted by Gasteiger charge is 2.02. The van der Waals surface area contributed by atoms with Crippen molar-refractivity contribution >= 4 is 5.97 Å². The van der Waals surface area contributed by atoms with Crippen molar-refractivity contribution in [3.8, 4) is 5.75 Å². The third-order valence-corrected chi connectivity index (χ3v) is 2.57. The number of ether oxygens (including phenoxy) is 2. The summed E-state index contributed by atoms with van der Waals surface area (Å²) in [5.41, 5.74) is 1.11. The number of nitrogens with zero attached hydrogens (tertiary/aromatic N) is 1. The molecule has 0 aliphatic carbocycles. The van der Waals surface area contributed by atoms with Gasteiger partial charge in [0.15, 0.2) is 0 Å². The normalized spacial score (nSPS) is 10.2. The summed E-state index contributed by atoms with van der Waals surface area (Å²) in [5, 5.41) is 8.76. The van der Waals surface area contributed by atoms with Gasteiger partial charge in [-0.25, -0.2) is 4.79 Å². The number of carboxylic acid groups (broad SMARTS) is 1. The minimum atomic E-state index is -0.949. The molecule has 1 aromatic carbocycles. The smallest absolute Gasteiger partial charge is 0.335 e. The molecule has 1 aromatic heterocycles. The molecule has 0 saturated heterocycles. The van der Waals surface area contributed by atoms with Gasteiger partial charge >= 0.3 is 5.97 Å². The zero-order chi connectivity index (χ0) is 14.2. The topological polar surface area (TPSA) is 68.7 Å². The van der Waals surface area contributed by atoms with Gasteiger partial charge in [0.2, 0.25) is 0 Å². The standard InChI is InChI=1S/C15H15NO4/c17-15(18)12-4-6-14(7-5-12)20-10-9-19-11-13-3-1-2-8-16-13/h1-8H,9-11H2,(H,17,18). The third-order valence-electron chi connectivity index (χ3n) is 2.57. The number of aromatic carboxylic acids is 1. The molecule has 0 atom stereocenters. The number of carbonyl (C=O) groups is 1. The second-order valence-electron chi connectivity index (χ2n) is 4.05. The molecule has 2 rings (SSSR count). The van der Waals surface area contributed by atoms with Crippen LogP contribution in [0.25, 0.3) is 0 Å². The van der Waals surface area contributed by atoms with Crippen molar-refractivity contribution in [3.63, 3.8) is 0 Å². The number of hydrogen-bond donors (Lipinski definition) is 1. The first kappa shape index (κ1) is 14.0. The van der Waals surface area contributed by atoms with Crippen LogP contribution >= 0.6 is 0 Å². The molecule has 104 valence electrons. The highest BCUT2D eigenvalue weighted by atomic mass is 16.5. The fraction of sp³-hybridized carbons (Fsp3) is 0.200. The number of hydrogen-bond acceptors (Lipinski definition) is 4. The van der Waals surface area contributed by atoms with Crippen LogP contribution in [0.3, 0.4) is 0 Å². The van der Waals surface area contributed by atoms with Crippen LogP contribution in [0.2, 0.25) is 0 Å². The lowest BCUT2D eigenvalue weighted by Gasteiger charge is -2.07. The molecule has 0 aliphatic rings. The molecule has 0 radical (unpaired) electrons. The predicted octanol–water partition coefficient (Wildman–Crippen LogP) is 2.38.